The van der Waals surface area contributed by atoms with Gasteiger partial charge >= 0.3 is 29.6 Å². The average molecular weight is 596 g/mol. The molecule has 0 heterocycles. The molecule has 0 aliphatic carbocycles. The Hall–Kier alpha value is -2.70. The van der Waals surface area contributed by atoms with Gasteiger partial charge in [-0.2, -0.15) is 18.6 Å². The summed E-state index contributed by atoms with van der Waals surface area (Å²) in [5, 5.41) is 25.5. The maximum atomic E-state index is 13.5. The van der Waals surface area contributed by atoms with Gasteiger partial charge in [-0.15, -0.1) is 0 Å². The van der Waals surface area contributed by atoms with Gasteiger partial charge in [0.15, 0.2) is 0 Å². The molecule has 1 amide bonds. The first-order valence-corrected chi connectivity index (χ1v) is 13.3. The molecule has 0 saturated heterocycles. The van der Waals surface area contributed by atoms with E-state index in [9.17, 15) is 22.9 Å². The fraction of sp³-hybridized carbons (Fsp3) is 0.115. The summed E-state index contributed by atoms with van der Waals surface area (Å²) < 4.78 is 38.6. The molecule has 0 unspecified atom stereocenters. The summed E-state index contributed by atoms with van der Waals surface area (Å²) >= 11 is 12.3. The van der Waals surface area contributed by atoms with Crippen LogP contribution in [-0.4, -0.2) is 26.0 Å². The minimum atomic E-state index is -4.60. The Bertz CT molecular complexity index is 1710. The van der Waals surface area contributed by atoms with Gasteiger partial charge in [0, 0.05) is 21.5 Å². The Kier molecular flexibility index (Phi) is 10.0. The molecule has 0 aliphatic heterocycles. The van der Waals surface area contributed by atoms with Crippen molar-refractivity contribution in [3.05, 3.63) is 81.8 Å². The fourth-order valence-electron chi connectivity index (χ4n) is 3.93. The third-order valence-corrected chi connectivity index (χ3v) is 7.15. The molecule has 0 fully saturated rings. The molecule has 0 spiro atoms. The first kappa shape index (κ1) is 30.8. The number of nitrogens with zero attached hydrogens (tertiary/aromatic N) is 2. The molecule has 13 heteroatoms. The van der Waals surface area contributed by atoms with Gasteiger partial charge in [0.25, 0.3) is 16.0 Å². The van der Waals surface area contributed by atoms with E-state index in [2.05, 4.69) is 15.5 Å². The summed E-state index contributed by atoms with van der Waals surface area (Å²) in [4.78, 5) is 12.8. The number of nitrogens with one attached hydrogen (secondary N) is 1. The normalized spacial score (nSPS) is 11.4. The zero-order chi connectivity index (χ0) is 27.6. The summed E-state index contributed by atoms with van der Waals surface area (Å²) in [6.07, 6.45) is 0.174. The summed E-state index contributed by atoms with van der Waals surface area (Å²) in [5.74, 6) is -1.15. The smallest absolute Gasteiger partial charge is 0.870 e. The van der Waals surface area contributed by atoms with Crippen molar-refractivity contribution in [1.29, 1.82) is 0 Å². The summed E-state index contributed by atoms with van der Waals surface area (Å²) in [6.45, 7) is 1.67. The maximum Gasteiger partial charge on any atom is 1.00 e. The van der Waals surface area contributed by atoms with Crippen molar-refractivity contribution >= 4 is 67.1 Å². The summed E-state index contributed by atoms with van der Waals surface area (Å²) in [6, 6.07) is 15.5. The standard InChI is InChI=1S/C26H21Cl2N3O6S.Na/c1-3-16-20(12-15(27)13-22(16)38(34,35)36)30-31-23-17-8-5-4-7-14(17)11-18(25(23)32)26(33)29-24-19(28)9-6-10-21(24)37-2;/h4-13,32H,3H2,1-2H3,(H,29,33)(H,34,35,36);/q;+1/p-1. The number of fused-ring (bicyclic) bond motifs is 1. The number of rotatable bonds is 7. The van der Waals surface area contributed by atoms with E-state index >= 15 is 0 Å². The van der Waals surface area contributed by atoms with Crippen molar-refractivity contribution in [2.24, 2.45) is 10.2 Å². The monoisotopic (exact) mass is 595 g/mol. The Morgan fingerprint density at radius 1 is 1.08 bits per heavy atom. The number of anilines is 1. The predicted molar refractivity (Wildman–Crippen MR) is 144 cm³/mol. The minimum absolute atomic E-state index is 0. The predicted octanol–water partition coefficient (Wildman–Crippen LogP) is 3.71. The van der Waals surface area contributed by atoms with E-state index in [-0.39, 0.29) is 74.2 Å². The second-order valence-electron chi connectivity index (χ2n) is 8.02. The molecule has 196 valence electrons. The number of azo groups is 1. The van der Waals surface area contributed by atoms with Crippen LogP contribution in [0.1, 0.15) is 22.8 Å². The molecule has 0 bridgehead atoms. The van der Waals surface area contributed by atoms with Crippen LogP contribution in [0.15, 0.2) is 75.8 Å². The zero-order valence-corrected chi connectivity index (χ0v) is 25.4. The van der Waals surface area contributed by atoms with Crippen molar-refractivity contribution < 1.29 is 57.2 Å². The van der Waals surface area contributed by atoms with Crippen LogP contribution in [-0.2, 0) is 16.5 Å². The first-order valence-electron chi connectivity index (χ1n) is 11.1. The minimum Gasteiger partial charge on any atom is -0.870 e. The molecule has 4 aromatic rings. The van der Waals surface area contributed by atoms with E-state index in [1.807, 2.05) is 0 Å². The van der Waals surface area contributed by atoms with E-state index < -0.39 is 26.7 Å². The summed E-state index contributed by atoms with van der Waals surface area (Å²) in [5.41, 5.74) is 0.0420. The van der Waals surface area contributed by atoms with Gasteiger partial charge in [-0.05, 0) is 42.1 Å². The van der Waals surface area contributed by atoms with Gasteiger partial charge in [0.2, 0.25) is 0 Å². The molecule has 0 saturated carbocycles. The zero-order valence-electron chi connectivity index (χ0n) is 21.0. The number of carbonyl (C=O) groups excluding carboxylic acids is 1. The number of hydrogen-bond acceptors (Lipinski definition) is 7. The van der Waals surface area contributed by atoms with Gasteiger partial charge in [-0.3, -0.25) is 9.35 Å². The molecular formula is C26H20Cl2N3NaO6S. The van der Waals surface area contributed by atoms with Crippen LogP contribution in [0.25, 0.3) is 10.8 Å². The number of para-hydroxylation sites is 1. The molecule has 0 atom stereocenters. The van der Waals surface area contributed by atoms with Crippen molar-refractivity contribution in [3.8, 4) is 11.5 Å². The van der Waals surface area contributed by atoms with Crippen LogP contribution in [0.5, 0.6) is 11.5 Å². The number of benzene rings is 4. The number of ether oxygens (including phenoxy) is 1. The first-order chi connectivity index (χ1) is 18.0. The van der Waals surface area contributed by atoms with E-state index in [1.54, 1.807) is 49.4 Å². The number of amides is 1. The van der Waals surface area contributed by atoms with Gasteiger partial charge in [-0.25, -0.2) is 0 Å². The Balaban J connectivity index is 0.00000420. The topological polar surface area (TPSA) is 140 Å². The van der Waals surface area contributed by atoms with Crippen molar-refractivity contribution in [2.45, 2.75) is 18.2 Å². The molecule has 4 aromatic carbocycles. The molecule has 0 radical (unpaired) electrons. The third-order valence-electron chi connectivity index (χ3n) is 5.69. The van der Waals surface area contributed by atoms with E-state index in [4.69, 9.17) is 27.9 Å². The molecule has 9 nitrogen and oxygen atoms in total. The number of halogens is 2. The molecule has 2 N–H and O–H groups in total. The third kappa shape index (κ3) is 6.55. The molecular weight excluding hydrogens is 576 g/mol. The number of carbonyl (C=O) groups is 1. The largest absolute Gasteiger partial charge is 1.00 e. The Labute approximate surface area is 256 Å². The van der Waals surface area contributed by atoms with Crippen molar-refractivity contribution in [3.63, 3.8) is 0 Å². The van der Waals surface area contributed by atoms with Crippen LogP contribution in [0.2, 0.25) is 10.0 Å². The van der Waals surface area contributed by atoms with Gasteiger partial charge in [-0.1, -0.05) is 66.2 Å². The van der Waals surface area contributed by atoms with Crippen LogP contribution in [0.3, 0.4) is 0 Å². The second-order valence-corrected chi connectivity index (χ2v) is 10.3. The number of hydrogen-bond donors (Lipinski definition) is 2. The van der Waals surface area contributed by atoms with Gasteiger partial charge in [0.05, 0.1) is 23.5 Å². The molecule has 4 rings (SSSR count). The SMILES string of the molecule is CCc1c(N=Nc2c([O-])c(C(=O)Nc3c(Cl)cccc3OC)cc3ccccc23)cc(Cl)cc1S(=O)(=O)O.[Na+]. The van der Waals surface area contributed by atoms with Crippen LogP contribution < -0.4 is 44.7 Å². The van der Waals surface area contributed by atoms with Gasteiger partial charge in [0.1, 0.15) is 16.3 Å². The van der Waals surface area contributed by atoms with Crippen LogP contribution in [0.4, 0.5) is 17.1 Å². The maximum absolute atomic E-state index is 13.5. The van der Waals surface area contributed by atoms with Crippen molar-refractivity contribution in [1.82, 2.24) is 0 Å². The molecule has 0 aromatic heterocycles. The second kappa shape index (κ2) is 12.6. The Morgan fingerprint density at radius 3 is 2.46 bits per heavy atom. The Morgan fingerprint density at radius 2 is 1.79 bits per heavy atom. The van der Waals surface area contributed by atoms with E-state index in [0.29, 0.717) is 16.5 Å². The van der Waals surface area contributed by atoms with E-state index in [1.165, 1.54) is 19.2 Å². The van der Waals surface area contributed by atoms with Gasteiger partial charge < -0.3 is 15.2 Å². The molecule has 0 aliphatic rings. The van der Waals surface area contributed by atoms with Crippen LogP contribution >= 0.6 is 23.2 Å². The summed E-state index contributed by atoms with van der Waals surface area (Å²) in [7, 11) is -3.18. The van der Waals surface area contributed by atoms with Crippen molar-refractivity contribution in [2.75, 3.05) is 12.4 Å². The quantitative estimate of drug-likeness (QED) is 0.189. The number of methoxy groups -OCH3 is 1. The van der Waals surface area contributed by atoms with E-state index in [0.717, 1.165) is 6.07 Å². The van der Waals surface area contributed by atoms with Crippen LogP contribution in [0, 0.1) is 0 Å². The average Bonchev–Trinajstić information content (AvgIpc) is 2.88. The molecule has 39 heavy (non-hydrogen) atoms. The fourth-order valence-corrected chi connectivity index (χ4v) is 5.26.